The summed E-state index contributed by atoms with van der Waals surface area (Å²) >= 11 is 0. The Balaban J connectivity index is 2.33. The van der Waals surface area contributed by atoms with Crippen LogP contribution in [-0.2, 0) is 9.53 Å². The smallest absolute Gasteiger partial charge is 0.329 e. The van der Waals surface area contributed by atoms with Crippen molar-refractivity contribution in [1.29, 1.82) is 0 Å². The van der Waals surface area contributed by atoms with Crippen LogP contribution in [0.15, 0.2) is 0 Å². The average Bonchev–Trinajstić information content (AvgIpc) is 2.29. The van der Waals surface area contributed by atoms with Crippen LogP contribution in [-0.4, -0.2) is 78.4 Å². The topological polar surface area (TPSA) is 82.1 Å². The summed E-state index contributed by atoms with van der Waals surface area (Å²) in [5.41, 5.74) is -0.670. The van der Waals surface area contributed by atoms with Gasteiger partial charge < -0.3 is 25.0 Å². The number of hydrogen-bond acceptors (Lipinski definition) is 4. The number of nitrogens with zero attached hydrogens (tertiary/aromatic N) is 2. The van der Waals surface area contributed by atoms with Gasteiger partial charge in [0.2, 0.25) is 0 Å². The summed E-state index contributed by atoms with van der Waals surface area (Å²) in [7, 11) is 3.93. The van der Waals surface area contributed by atoms with Crippen molar-refractivity contribution in [3.05, 3.63) is 0 Å². The van der Waals surface area contributed by atoms with Gasteiger partial charge in [0, 0.05) is 12.1 Å². The Kier molecular flexibility index (Phi) is 4.99. The largest absolute Gasteiger partial charge is 0.480 e. The van der Waals surface area contributed by atoms with E-state index in [4.69, 9.17) is 9.84 Å². The molecule has 20 heavy (non-hydrogen) atoms. The molecule has 0 saturated carbocycles. The molecule has 0 aliphatic carbocycles. The third kappa shape index (κ3) is 4.35. The van der Waals surface area contributed by atoms with Gasteiger partial charge >= 0.3 is 12.0 Å². The lowest BCUT2D eigenvalue weighted by molar-refractivity contribution is -0.159. The highest BCUT2D eigenvalue weighted by Gasteiger charge is 2.43. The van der Waals surface area contributed by atoms with E-state index in [1.807, 2.05) is 39.8 Å². The number of carbonyl (C=O) groups excluding carboxylic acids is 1. The molecule has 1 heterocycles. The van der Waals surface area contributed by atoms with Gasteiger partial charge in [0.15, 0.2) is 0 Å². The molecule has 0 atom stereocenters. The van der Waals surface area contributed by atoms with Gasteiger partial charge in [-0.2, -0.15) is 0 Å². The van der Waals surface area contributed by atoms with Crippen LogP contribution in [0.5, 0.6) is 0 Å². The molecule has 0 radical (unpaired) electrons. The Bertz CT molecular complexity index is 376. The van der Waals surface area contributed by atoms with E-state index < -0.39 is 11.6 Å². The molecule has 0 bridgehead atoms. The normalized spacial score (nSPS) is 17.8. The van der Waals surface area contributed by atoms with E-state index in [2.05, 4.69) is 5.32 Å². The van der Waals surface area contributed by atoms with Crippen molar-refractivity contribution in [2.75, 3.05) is 40.3 Å². The Morgan fingerprint density at radius 2 is 1.95 bits per heavy atom. The number of hydrogen-bond donors (Lipinski definition) is 2. The molecule has 2 N–H and O–H groups in total. The van der Waals surface area contributed by atoms with E-state index in [1.54, 1.807) is 4.90 Å². The molecule has 0 unspecified atom stereocenters. The molecule has 1 rings (SSSR count). The number of rotatable bonds is 6. The average molecular weight is 287 g/mol. The van der Waals surface area contributed by atoms with Crippen molar-refractivity contribution < 1.29 is 19.4 Å². The lowest BCUT2D eigenvalue weighted by atomic mass is 9.97. The molecular formula is C13H25N3O4. The number of ether oxygens (including phenoxy) is 1. The fraction of sp³-hybridized carbons (Fsp3) is 0.846. The molecule has 1 aliphatic heterocycles. The minimum absolute atomic E-state index is 0.121. The second kappa shape index (κ2) is 5.97. The molecule has 1 saturated heterocycles. The first-order chi connectivity index (χ1) is 9.06. The van der Waals surface area contributed by atoms with E-state index in [-0.39, 0.29) is 18.2 Å². The lowest BCUT2D eigenvalue weighted by Crippen LogP contribution is -2.66. The molecule has 7 heteroatoms. The zero-order valence-electron chi connectivity index (χ0n) is 12.9. The number of likely N-dealkylation sites (tertiary alicyclic amines) is 1. The monoisotopic (exact) mass is 287 g/mol. The first-order valence-electron chi connectivity index (χ1n) is 6.62. The highest BCUT2D eigenvalue weighted by atomic mass is 16.5. The summed E-state index contributed by atoms with van der Waals surface area (Å²) < 4.78 is 5.26. The van der Waals surface area contributed by atoms with Crippen molar-refractivity contribution in [1.82, 2.24) is 15.1 Å². The maximum Gasteiger partial charge on any atom is 0.329 e. The fourth-order valence-electron chi connectivity index (χ4n) is 1.79. The van der Waals surface area contributed by atoms with E-state index in [0.717, 1.165) is 0 Å². The zero-order valence-corrected chi connectivity index (χ0v) is 12.9. The van der Waals surface area contributed by atoms with E-state index >= 15 is 0 Å². The predicted octanol–water partition coefficient (Wildman–Crippen LogP) is 0.212. The molecule has 2 amide bonds. The van der Waals surface area contributed by atoms with Crippen LogP contribution in [0.3, 0.4) is 0 Å². The van der Waals surface area contributed by atoms with Crippen LogP contribution in [0.1, 0.15) is 20.8 Å². The number of carbonyl (C=O) groups is 2. The summed E-state index contributed by atoms with van der Waals surface area (Å²) in [4.78, 5) is 26.1. The molecule has 1 aliphatic rings. The van der Waals surface area contributed by atoms with Crippen LogP contribution in [0.2, 0.25) is 0 Å². The Morgan fingerprint density at radius 3 is 2.40 bits per heavy atom. The van der Waals surface area contributed by atoms with Crippen molar-refractivity contribution in [2.24, 2.45) is 0 Å². The Hall–Kier alpha value is -1.34. The zero-order chi connectivity index (χ0) is 15.6. The number of urea groups is 1. The molecule has 0 aromatic heterocycles. The summed E-state index contributed by atoms with van der Waals surface area (Å²) in [5, 5.41) is 11.5. The Labute approximate surface area is 119 Å². The van der Waals surface area contributed by atoms with Crippen LogP contribution < -0.4 is 5.32 Å². The highest BCUT2D eigenvalue weighted by molar-refractivity contribution is 5.75. The molecule has 0 spiro atoms. The van der Waals surface area contributed by atoms with Crippen LogP contribution in [0.4, 0.5) is 4.79 Å². The molecule has 7 nitrogen and oxygen atoms in total. The van der Waals surface area contributed by atoms with E-state index in [0.29, 0.717) is 19.6 Å². The number of carboxylic acid groups (broad SMARTS) is 1. The third-order valence-electron chi connectivity index (χ3n) is 3.76. The maximum absolute atomic E-state index is 11.9. The van der Waals surface area contributed by atoms with Gasteiger partial charge in [-0.25, -0.2) is 9.59 Å². The number of carboxylic acids is 1. The second-order valence-corrected chi connectivity index (χ2v) is 6.35. The molecule has 0 aromatic rings. The molecular weight excluding hydrogens is 262 g/mol. The van der Waals surface area contributed by atoms with Crippen LogP contribution in [0, 0.1) is 0 Å². The quantitative estimate of drug-likeness (QED) is 0.730. The third-order valence-corrected chi connectivity index (χ3v) is 3.76. The summed E-state index contributed by atoms with van der Waals surface area (Å²) in [6, 6.07) is -0.142. The first-order valence-corrected chi connectivity index (χ1v) is 6.62. The fourth-order valence-corrected chi connectivity index (χ4v) is 1.79. The number of aliphatic carboxylic acids is 1. The number of amides is 2. The van der Waals surface area contributed by atoms with Gasteiger partial charge in [0.1, 0.15) is 12.2 Å². The van der Waals surface area contributed by atoms with Gasteiger partial charge in [-0.05, 0) is 34.9 Å². The molecule has 1 fully saturated rings. The second-order valence-electron chi connectivity index (χ2n) is 6.35. The van der Waals surface area contributed by atoms with Crippen molar-refractivity contribution in [3.8, 4) is 0 Å². The van der Waals surface area contributed by atoms with Crippen molar-refractivity contribution >= 4 is 12.0 Å². The van der Waals surface area contributed by atoms with Crippen molar-refractivity contribution in [3.63, 3.8) is 0 Å². The summed E-state index contributed by atoms with van der Waals surface area (Å²) in [5.74, 6) is -0.998. The maximum atomic E-state index is 11.9. The van der Waals surface area contributed by atoms with Gasteiger partial charge in [0.05, 0.1) is 13.1 Å². The van der Waals surface area contributed by atoms with E-state index in [1.165, 1.54) is 0 Å². The summed E-state index contributed by atoms with van der Waals surface area (Å²) in [6.45, 7) is 6.93. The highest BCUT2D eigenvalue weighted by Crippen LogP contribution is 2.24. The SMILES string of the molecule is CN(C)C(C)(C)CNC(=O)N1CC(C)(OCC(=O)O)C1. The standard InChI is InChI=1S/C13H25N3O4/c1-12(2,15(4)5)7-14-11(19)16-8-13(3,9-16)20-6-10(17)18/h6-9H2,1-5H3,(H,14,19)(H,17,18). The van der Waals surface area contributed by atoms with Gasteiger partial charge in [-0.3, -0.25) is 0 Å². The van der Waals surface area contributed by atoms with Gasteiger partial charge in [0.25, 0.3) is 0 Å². The van der Waals surface area contributed by atoms with Gasteiger partial charge in [-0.1, -0.05) is 0 Å². The predicted molar refractivity (Wildman–Crippen MR) is 74.7 cm³/mol. The number of likely N-dealkylation sites (N-methyl/N-ethyl adjacent to an activating group) is 1. The summed E-state index contributed by atoms with van der Waals surface area (Å²) in [6.07, 6.45) is 0. The number of nitrogens with one attached hydrogen (secondary N) is 1. The first kappa shape index (κ1) is 16.7. The van der Waals surface area contributed by atoms with Crippen LogP contribution in [0.25, 0.3) is 0 Å². The van der Waals surface area contributed by atoms with Crippen molar-refractivity contribution in [2.45, 2.75) is 31.9 Å². The Morgan fingerprint density at radius 1 is 1.40 bits per heavy atom. The van der Waals surface area contributed by atoms with Gasteiger partial charge in [-0.15, -0.1) is 0 Å². The van der Waals surface area contributed by atoms with Crippen LogP contribution >= 0.6 is 0 Å². The van der Waals surface area contributed by atoms with E-state index in [9.17, 15) is 9.59 Å². The minimum atomic E-state index is -0.998. The lowest BCUT2D eigenvalue weighted by Gasteiger charge is -2.47. The minimum Gasteiger partial charge on any atom is -0.480 e. The molecule has 116 valence electrons. The molecule has 0 aromatic carbocycles.